The molecule has 0 saturated carbocycles. The van der Waals surface area contributed by atoms with Crippen LogP contribution < -0.4 is 15.4 Å². The number of anilines is 2. The molecule has 1 aromatic carbocycles. The van der Waals surface area contributed by atoms with E-state index in [1.54, 1.807) is 30.5 Å². The van der Waals surface area contributed by atoms with E-state index in [4.69, 9.17) is 4.74 Å². The molecule has 0 radical (unpaired) electrons. The Balaban J connectivity index is 1.54. The van der Waals surface area contributed by atoms with Crippen LogP contribution in [0.1, 0.15) is 10.4 Å². The van der Waals surface area contributed by atoms with Crippen molar-refractivity contribution in [3.8, 4) is 17.0 Å². The molecule has 0 bridgehead atoms. The molecule has 8 heteroatoms. The van der Waals surface area contributed by atoms with Crippen LogP contribution in [0.25, 0.3) is 11.3 Å². The SMILES string of the molecule is O=C1COc2ccc(-c3csc(NC(=O)c4cccnc4)n3)cc2N1. The molecule has 3 heterocycles. The lowest BCUT2D eigenvalue weighted by Crippen LogP contribution is -2.25. The first-order valence-corrected chi connectivity index (χ1v) is 8.31. The standard InChI is InChI=1S/C17H12N4O3S/c22-15-8-24-14-4-3-10(6-12(14)19-15)13-9-25-17(20-13)21-16(23)11-2-1-5-18-7-11/h1-7,9H,8H2,(H,19,22)(H,20,21,23). The molecule has 3 aromatic rings. The fraction of sp³-hybridized carbons (Fsp3) is 0.0588. The van der Waals surface area contributed by atoms with Gasteiger partial charge in [0.25, 0.3) is 11.8 Å². The van der Waals surface area contributed by atoms with Gasteiger partial charge in [-0.25, -0.2) is 4.98 Å². The lowest BCUT2D eigenvalue weighted by Gasteiger charge is -2.18. The van der Waals surface area contributed by atoms with Gasteiger partial charge in [-0.1, -0.05) is 0 Å². The highest BCUT2D eigenvalue weighted by Gasteiger charge is 2.17. The summed E-state index contributed by atoms with van der Waals surface area (Å²) < 4.78 is 5.34. The number of hydrogen-bond acceptors (Lipinski definition) is 6. The van der Waals surface area contributed by atoms with Crippen molar-refractivity contribution in [2.75, 3.05) is 17.2 Å². The van der Waals surface area contributed by atoms with E-state index in [2.05, 4.69) is 20.6 Å². The highest BCUT2D eigenvalue weighted by molar-refractivity contribution is 7.14. The molecule has 7 nitrogen and oxygen atoms in total. The molecule has 0 saturated heterocycles. The molecule has 0 fully saturated rings. The highest BCUT2D eigenvalue weighted by Crippen LogP contribution is 2.33. The quantitative estimate of drug-likeness (QED) is 0.756. The smallest absolute Gasteiger partial charge is 0.262 e. The Bertz CT molecular complexity index is 956. The molecule has 0 atom stereocenters. The summed E-state index contributed by atoms with van der Waals surface area (Å²) in [5.74, 6) is 0.177. The number of thiazole rings is 1. The molecule has 2 N–H and O–H groups in total. The fourth-order valence-electron chi connectivity index (χ4n) is 2.37. The highest BCUT2D eigenvalue weighted by atomic mass is 32.1. The molecule has 4 rings (SSSR count). The van der Waals surface area contributed by atoms with Gasteiger partial charge in [-0.2, -0.15) is 0 Å². The third kappa shape index (κ3) is 3.20. The van der Waals surface area contributed by atoms with Crippen molar-refractivity contribution in [1.29, 1.82) is 0 Å². The number of carbonyl (C=O) groups excluding carboxylic acids is 2. The van der Waals surface area contributed by atoms with E-state index >= 15 is 0 Å². The first-order chi connectivity index (χ1) is 12.2. The van der Waals surface area contributed by atoms with Crippen LogP contribution in [0.4, 0.5) is 10.8 Å². The zero-order valence-corrected chi connectivity index (χ0v) is 13.7. The van der Waals surface area contributed by atoms with Crippen molar-refractivity contribution < 1.29 is 14.3 Å². The molecule has 0 spiro atoms. The Morgan fingerprint density at radius 3 is 3.08 bits per heavy atom. The summed E-state index contributed by atoms with van der Waals surface area (Å²) in [6.45, 7) is 0.0214. The van der Waals surface area contributed by atoms with Gasteiger partial charge in [0.15, 0.2) is 11.7 Å². The van der Waals surface area contributed by atoms with Crippen LogP contribution in [-0.2, 0) is 4.79 Å². The van der Waals surface area contributed by atoms with E-state index in [1.807, 2.05) is 11.4 Å². The van der Waals surface area contributed by atoms with Gasteiger partial charge < -0.3 is 10.1 Å². The molecule has 1 aliphatic rings. The minimum Gasteiger partial charge on any atom is -0.482 e. The number of nitrogens with zero attached hydrogens (tertiary/aromatic N) is 2. The lowest BCUT2D eigenvalue weighted by atomic mass is 10.1. The van der Waals surface area contributed by atoms with Crippen LogP contribution in [0.3, 0.4) is 0 Å². The average molecular weight is 352 g/mol. The van der Waals surface area contributed by atoms with Gasteiger partial charge in [-0.3, -0.25) is 19.9 Å². The predicted octanol–water partition coefficient (Wildman–Crippen LogP) is 2.79. The van der Waals surface area contributed by atoms with Gasteiger partial charge in [0.2, 0.25) is 0 Å². The molecule has 2 amide bonds. The molecular weight excluding hydrogens is 340 g/mol. The number of ether oxygens (including phenoxy) is 1. The van der Waals surface area contributed by atoms with E-state index in [0.717, 1.165) is 5.56 Å². The van der Waals surface area contributed by atoms with Crippen LogP contribution in [0, 0.1) is 0 Å². The fourth-order valence-corrected chi connectivity index (χ4v) is 3.09. The normalized spacial score (nSPS) is 12.7. The summed E-state index contributed by atoms with van der Waals surface area (Å²) in [5, 5.41) is 7.84. The maximum atomic E-state index is 12.1. The molecular formula is C17H12N4O3S. The largest absolute Gasteiger partial charge is 0.482 e. The number of pyridine rings is 1. The van der Waals surface area contributed by atoms with Crippen molar-refractivity contribution in [1.82, 2.24) is 9.97 Å². The van der Waals surface area contributed by atoms with Crippen LogP contribution >= 0.6 is 11.3 Å². The summed E-state index contributed by atoms with van der Waals surface area (Å²) in [7, 11) is 0. The number of carbonyl (C=O) groups is 2. The van der Waals surface area contributed by atoms with E-state index in [-0.39, 0.29) is 18.4 Å². The van der Waals surface area contributed by atoms with Crippen LogP contribution in [-0.4, -0.2) is 28.4 Å². The summed E-state index contributed by atoms with van der Waals surface area (Å²) in [4.78, 5) is 31.9. The van der Waals surface area contributed by atoms with E-state index < -0.39 is 0 Å². The summed E-state index contributed by atoms with van der Waals surface area (Å²) >= 11 is 1.32. The molecule has 124 valence electrons. The Hall–Kier alpha value is -3.26. The topological polar surface area (TPSA) is 93.2 Å². The van der Waals surface area contributed by atoms with E-state index in [0.29, 0.717) is 27.8 Å². The van der Waals surface area contributed by atoms with E-state index in [9.17, 15) is 9.59 Å². The number of amides is 2. The Morgan fingerprint density at radius 2 is 2.24 bits per heavy atom. The summed E-state index contributed by atoms with van der Waals surface area (Å²) in [6.07, 6.45) is 3.10. The lowest BCUT2D eigenvalue weighted by molar-refractivity contribution is -0.118. The zero-order chi connectivity index (χ0) is 17.2. The maximum Gasteiger partial charge on any atom is 0.262 e. The van der Waals surface area contributed by atoms with Crippen LogP contribution in [0.2, 0.25) is 0 Å². The first kappa shape index (κ1) is 15.3. The molecule has 25 heavy (non-hydrogen) atoms. The molecule has 0 aliphatic carbocycles. The summed E-state index contributed by atoms with van der Waals surface area (Å²) in [6, 6.07) is 8.83. The Morgan fingerprint density at radius 1 is 1.32 bits per heavy atom. The number of hydrogen-bond donors (Lipinski definition) is 2. The summed E-state index contributed by atoms with van der Waals surface area (Å²) in [5.41, 5.74) is 2.60. The number of benzene rings is 1. The second-order valence-electron chi connectivity index (χ2n) is 5.28. The van der Waals surface area contributed by atoms with Gasteiger partial charge in [0.1, 0.15) is 5.75 Å². The van der Waals surface area contributed by atoms with Gasteiger partial charge >= 0.3 is 0 Å². The van der Waals surface area contributed by atoms with E-state index in [1.165, 1.54) is 17.5 Å². The maximum absolute atomic E-state index is 12.1. The van der Waals surface area contributed by atoms with Crippen molar-refractivity contribution in [2.45, 2.75) is 0 Å². The second-order valence-corrected chi connectivity index (χ2v) is 6.14. The Labute approximate surface area is 146 Å². The predicted molar refractivity (Wildman–Crippen MR) is 93.9 cm³/mol. The van der Waals surface area contributed by atoms with Crippen LogP contribution in [0.15, 0.2) is 48.1 Å². The van der Waals surface area contributed by atoms with Crippen molar-refractivity contribution in [2.24, 2.45) is 0 Å². The van der Waals surface area contributed by atoms with Crippen molar-refractivity contribution in [3.63, 3.8) is 0 Å². The molecule has 0 unspecified atom stereocenters. The second kappa shape index (κ2) is 6.33. The van der Waals surface area contributed by atoms with Gasteiger partial charge in [-0.15, -0.1) is 11.3 Å². The molecule has 1 aliphatic heterocycles. The average Bonchev–Trinajstić information content (AvgIpc) is 3.10. The third-order valence-corrected chi connectivity index (χ3v) is 4.31. The van der Waals surface area contributed by atoms with Crippen molar-refractivity contribution >= 4 is 34.0 Å². The van der Waals surface area contributed by atoms with Crippen LogP contribution in [0.5, 0.6) is 5.75 Å². The van der Waals surface area contributed by atoms with Gasteiger partial charge in [-0.05, 0) is 30.3 Å². The first-order valence-electron chi connectivity index (χ1n) is 7.43. The zero-order valence-electron chi connectivity index (χ0n) is 12.9. The molecule has 2 aromatic heterocycles. The number of rotatable bonds is 3. The Kier molecular flexibility index (Phi) is 3.87. The monoisotopic (exact) mass is 352 g/mol. The third-order valence-electron chi connectivity index (χ3n) is 3.56. The van der Waals surface area contributed by atoms with Gasteiger partial charge in [0, 0.05) is 23.3 Å². The van der Waals surface area contributed by atoms with Crippen molar-refractivity contribution in [3.05, 3.63) is 53.7 Å². The minimum absolute atomic E-state index is 0.0214. The number of nitrogens with one attached hydrogen (secondary N) is 2. The minimum atomic E-state index is -0.264. The van der Waals surface area contributed by atoms with Gasteiger partial charge in [0.05, 0.1) is 16.9 Å². The number of aromatic nitrogens is 2. The number of fused-ring (bicyclic) bond motifs is 1.